The van der Waals surface area contributed by atoms with Crippen molar-refractivity contribution in [1.82, 2.24) is 20.3 Å². The molecule has 0 saturated carbocycles. The molecule has 7 nitrogen and oxygen atoms in total. The van der Waals surface area contributed by atoms with Gasteiger partial charge in [0.1, 0.15) is 11.1 Å². The number of aromatic amines is 1. The number of H-pyrrole nitrogens is 1. The Kier molecular flexibility index (Phi) is 5.09. The van der Waals surface area contributed by atoms with E-state index in [1.165, 1.54) is 6.20 Å². The molecule has 3 rings (SSSR count). The van der Waals surface area contributed by atoms with Crippen LogP contribution in [0.1, 0.15) is 22.5 Å². The highest BCUT2D eigenvalue weighted by atomic mass is 35.5. The van der Waals surface area contributed by atoms with Gasteiger partial charge in [-0.25, -0.2) is 9.97 Å². The zero-order valence-corrected chi connectivity index (χ0v) is 13.2. The Labute approximate surface area is 138 Å². The van der Waals surface area contributed by atoms with Gasteiger partial charge in [-0.05, 0) is 6.07 Å². The largest absolute Gasteiger partial charge is 0.471 e. The number of imidazole rings is 1. The Hall–Kier alpha value is -2.12. The highest BCUT2D eigenvalue weighted by Gasteiger charge is 2.19. The van der Waals surface area contributed by atoms with Crippen LogP contribution in [0.15, 0.2) is 24.8 Å². The van der Waals surface area contributed by atoms with Crippen molar-refractivity contribution < 1.29 is 14.3 Å². The molecule has 0 aromatic carbocycles. The molecule has 0 spiro atoms. The number of rotatable bonds is 6. The Morgan fingerprint density at radius 2 is 2.43 bits per heavy atom. The molecular weight excluding hydrogens is 320 g/mol. The first kappa shape index (κ1) is 15.8. The standard InChI is InChI=1S/C15H17ClN4O3/c16-13-5-10(6-19-15(13)23-12-2-4-22-8-12)14(21)18-3-1-11-7-17-9-20-11/h5-7,9,12H,1-4,8H2,(H,17,20)(H,18,21)/t12-/m1/s1. The van der Waals surface area contributed by atoms with Gasteiger partial charge in [0.15, 0.2) is 0 Å². The molecule has 0 bridgehead atoms. The molecule has 122 valence electrons. The molecule has 1 aliphatic heterocycles. The van der Waals surface area contributed by atoms with Gasteiger partial charge in [0.25, 0.3) is 5.91 Å². The number of amides is 1. The predicted octanol–water partition coefficient (Wildman–Crippen LogP) is 1.60. The van der Waals surface area contributed by atoms with E-state index in [4.69, 9.17) is 21.1 Å². The molecule has 8 heteroatoms. The van der Waals surface area contributed by atoms with E-state index < -0.39 is 0 Å². The van der Waals surface area contributed by atoms with Crippen LogP contribution in [0.5, 0.6) is 5.88 Å². The first-order valence-corrected chi connectivity index (χ1v) is 7.75. The van der Waals surface area contributed by atoms with Gasteiger partial charge in [-0.3, -0.25) is 4.79 Å². The minimum Gasteiger partial charge on any atom is -0.471 e. The summed E-state index contributed by atoms with van der Waals surface area (Å²) in [5.41, 5.74) is 1.36. The van der Waals surface area contributed by atoms with Crippen molar-refractivity contribution in [3.8, 4) is 5.88 Å². The van der Waals surface area contributed by atoms with Crippen molar-refractivity contribution in [2.24, 2.45) is 0 Å². The van der Waals surface area contributed by atoms with Gasteiger partial charge in [0, 0.05) is 37.5 Å². The van der Waals surface area contributed by atoms with E-state index in [1.807, 2.05) is 0 Å². The number of aromatic nitrogens is 3. The quantitative estimate of drug-likeness (QED) is 0.836. The normalized spacial score (nSPS) is 17.2. The Balaban J connectivity index is 1.54. The maximum Gasteiger partial charge on any atom is 0.252 e. The van der Waals surface area contributed by atoms with Crippen LogP contribution in [0.2, 0.25) is 5.02 Å². The molecule has 0 radical (unpaired) electrons. The smallest absolute Gasteiger partial charge is 0.252 e. The zero-order valence-electron chi connectivity index (χ0n) is 12.4. The lowest BCUT2D eigenvalue weighted by molar-refractivity contribution is 0.0953. The van der Waals surface area contributed by atoms with Gasteiger partial charge in [-0.2, -0.15) is 0 Å². The Morgan fingerprint density at radius 3 is 3.13 bits per heavy atom. The minimum absolute atomic E-state index is 0.0333. The number of carbonyl (C=O) groups is 1. The lowest BCUT2D eigenvalue weighted by Crippen LogP contribution is -2.26. The van der Waals surface area contributed by atoms with Crippen LogP contribution >= 0.6 is 11.6 Å². The van der Waals surface area contributed by atoms with Crippen LogP contribution < -0.4 is 10.1 Å². The van der Waals surface area contributed by atoms with Crippen molar-refractivity contribution in [2.45, 2.75) is 18.9 Å². The van der Waals surface area contributed by atoms with Gasteiger partial charge in [0.2, 0.25) is 5.88 Å². The van der Waals surface area contributed by atoms with Gasteiger partial charge < -0.3 is 19.8 Å². The average Bonchev–Trinajstić information content (AvgIpc) is 3.22. The highest BCUT2D eigenvalue weighted by molar-refractivity contribution is 6.32. The summed E-state index contributed by atoms with van der Waals surface area (Å²) in [7, 11) is 0. The number of hydrogen-bond donors (Lipinski definition) is 2. The van der Waals surface area contributed by atoms with E-state index in [0.717, 1.165) is 12.1 Å². The van der Waals surface area contributed by atoms with Crippen molar-refractivity contribution in [3.63, 3.8) is 0 Å². The van der Waals surface area contributed by atoms with E-state index in [-0.39, 0.29) is 12.0 Å². The monoisotopic (exact) mass is 336 g/mol. The van der Waals surface area contributed by atoms with Crippen molar-refractivity contribution in [2.75, 3.05) is 19.8 Å². The fourth-order valence-corrected chi connectivity index (χ4v) is 2.45. The summed E-state index contributed by atoms with van der Waals surface area (Å²) < 4.78 is 10.9. The summed E-state index contributed by atoms with van der Waals surface area (Å²) in [5.74, 6) is 0.103. The Morgan fingerprint density at radius 1 is 1.52 bits per heavy atom. The SMILES string of the molecule is O=C(NCCc1cnc[nH]1)c1cnc(O[C@@H]2CCOC2)c(Cl)c1. The first-order valence-electron chi connectivity index (χ1n) is 7.38. The number of halogens is 1. The van der Waals surface area contributed by atoms with E-state index in [2.05, 4.69) is 20.3 Å². The summed E-state index contributed by atoms with van der Waals surface area (Å²) in [6, 6.07) is 1.56. The molecule has 2 N–H and O–H groups in total. The maximum atomic E-state index is 12.1. The Bertz CT molecular complexity index is 657. The van der Waals surface area contributed by atoms with E-state index in [9.17, 15) is 4.79 Å². The average molecular weight is 337 g/mol. The number of pyridine rings is 1. The van der Waals surface area contributed by atoms with Crippen molar-refractivity contribution in [3.05, 3.63) is 41.1 Å². The predicted molar refractivity (Wildman–Crippen MR) is 83.7 cm³/mol. The molecule has 1 aliphatic rings. The number of nitrogens with one attached hydrogen (secondary N) is 2. The molecule has 1 atom stereocenters. The van der Waals surface area contributed by atoms with Gasteiger partial charge in [-0.1, -0.05) is 11.6 Å². The molecule has 1 amide bonds. The lowest BCUT2D eigenvalue weighted by Gasteiger charge is -2.12. The summed E-state index contributed by atoms with van der Waals surface area (Å²) in [5, 5.41) is 3.13. The molecular formula is C15H17ClN4O3. The van der Waals surface area contributed by atoms with Crippen LogP contribution in [0.25, 0.3) is 0 Å². The second kappa shape index (κ2) is 7.43. The van der Waals surface area contributed by atoms with Crippen LogP contribution in [0.4, 0.5) is 0 Å². The number of hydrogen-bond acceptors (Lipinski definition) is 5. The molecule has 3 heterocycles. The fraction of sp³-hybridized carbons (Fsp3) is 0.400. The number of nitrogens with zero attached hydrogens (tertiary/aromatic N) is 2. The third-order valence-corrected chi connectivity index (χ3v) is 3.74. The summed E-state index contributed by atoms with van der Waals surface area (Å²) in [6.45, 7) is 1.71. The lowest BCUT2D eigenvalue weighted by atomic mass is 10.2. The highest BCUT2D eigenvalue weighted by Crippen LogP contribution is 2.25. The van der Waals surface area contributed by atoms with E-state index >= 15 is 0 Å². The fourth-order valence-electron chi connectivity index (χ4n) is 2.23. The van der Waals surface area contributed by atoms with E-state index in [0.29, 0.717) is 42.6 Å². The molecule has 0 unspecified atom stereocenters. The van der Waals surface area contributed by atoms with Crippen LogP contribution in [0, 0.1) is 0 Å². The maximum absolute atomic E-state index is 12.1. The molecule has 0 aliphatic carbocycles. The molecule has 2 aromatic rings. The first-order chi connectivity index (χ1) is 11.2. The topological polar surface area (TPSA) is 89.1 Å². The molecule has 1 saturated heterocycles. The second-order valence-electron chi connectivity index (χ2n) is 5.20. The van der Waals surface area contributed by atoms with Crippen molar-refractivity contribution in [1.29, 1.82) is 0 Å². The minimum atomic E-state index is -0.227. The van der Waals surface area contributed by atoms with E-state index in [1.54, 1.807) is 18.6 Å². The molecule has 1 fully saturated rings. The molecule has 2 aromatic heterocycles. The zero-order chi connectivity index (χ0) is 16.1. The number of ether oxygens (including phenoxy) is 2. The van der Waals surface area contributed by atoms with Crippen LogP contribution in [-0.4, -0.2) is 46.7 Å². The summed E-state index contributed by atoms with van der Waals surface area (Å²) in [6.07, 6.45) is 6.25. The van der Waals surface area contributed by atoms with Gasteiger partial charge in [-0.15, -0.1) is 0 Å². The van der Waals surface area contributed by atoms with Crippen molar-refractivity contribution >= 4 is 17.5 Å². The van der Waals surface area contributed by atoms with Gasteiger partial charge >= 0.3 is 0 Å². The second-order valence-corrected chi connectivity index (χ2v) is 5.60. The number of carbonyl (C=O) groups excluding carboxylic acids is 1. The third-order valence-electron chi connectivity index (χ3n) is 3.47. The molecule has 23 heavy (non-hydrogen) atoms. The van der Waals surface area contributed by atoms with Gasteiger partial charge in [0.05, 0.1) is 25.1 Å². The third kappa shape index (κ3) is 4.20. The van der Waals surface area contributed by atoms with Crippen LogP contribution in [-0.2, 0) is 11.2 Å². The summed E-state index contributed by atoms with van der Waals surface area (Å²) in [4.78, 5) is 23.1. The van der Waals surface area contributed by atoms with Crippen LogP contribution in [0.3, 0.4) is 0 Å². The summed E-state index contributed by atoms with van der Waals surface area (Å²) >= 11 is 6.15.